The van der Waals surface area contributed by atoms with Crippen LogP contribution >= 0.6 is 0 Å². The molecule has 0 amide bonds. The highest BCUT2D eigenvalue weighted by molar-refractivity contribution is 5.83. The van der Waals surface area contributed by atoms with Crippen molar-refractivity contribution in [2.45, 2.75) is 25.8 Å². The van der Waals surface area contributed by atoms with Gasteiger partial charge in [-0.3, -0.25) is 0 Å². The van der Waals surface area contributed by atoms with Crippen LogP contribution in [0.15, 0.2) is 36.4 Å². The smallest absolute Gasteiger partial charge is 0.171 e. The summed E-state index contributed by atoms with van der Waals surface area (Å²) in [6, 6.07) is 10.8. The van der Waals surface area contributed by atoms with Crippen LogP contribution in [0.4, 0.5) is 4.39 Å². The van der Waals surface area contributed by atoms with Crippen LogP contribution in [-0.2, 0) is 0 Å². The van der Waals surface area contributed by atoms with E-state index in [1.165, 1.54) is 12.1 Å². The summed E-state index contributed by atoms with van der Waals surface area (Å²) in [6.07, 6.45) is 1.59. The lowest BCUT2D eigenvalue weighted by atomic mass is 9.99. The predicted molar refractivity (Wildman–Crippen MR) is 79.2 cm³/mol. The van der Waals surface area contributed by atoms with Crippen LogP contribution in [0, 0.1) is 19.7 Å². The van der Waals surface area contributed by atoms with Crippen LogP contribution in [0.25, 0.3) is 10.8 Å². The largest absolute Gasteiger partial charge is 0.207 e. The number of aryl methyl sites for hydroxylation is 1. The second kappa shape index (κ2) is 5.60. The lowest BCUT2D eigenvalue weighted by Crippen LogP contribution is -2.14. The van der Waals surface area contributed by atoms with Gasteiger partial charge in [0.1, 0.15) is 5.82 Å². The maximum absolute atomic E-state index is 13.2. The normalized spacial score (nSPS) is 12.7. The molecule has 1 atom stereocenters. The molecule has 0 spiro atoms. The van der Waals surface area contributed by atoms with Crippen LogP contribution < -0.4 is 0 Å². The predicted octanol–water partition coefficient (Wildman–Crippen LogP) is 3.48. The minimum Gasteiger partial charge on any atom is -0.207 e. The zero-order chi connectivity index (χ0) is 14.8. The Bertz CT molecular complexity index is 766. The molecule has 0 saturated heterocycles. The molecule has 107 valence electrons. The Hall–Kier alpha value is -2.30. The zero-order valence-corrected chi connectivity index (χ0v) is 11.8. The average Bonchev–Trinajstić information content (AvgIpc) is 2.90. The molecule has 0 aliphatic carbocycles. The standard InChI is InChI=1S/C16H16FN4/c1-3-4-16(21-19-11(2)18-20-21)14-6-5-13-10-15(17)8-7-12(13)9-14/h5-10,16H,1,3-4H2,2H3/t16-/m1/s1. The van der Waals surface area contributed by atoms with E-state index in [9.17, 15) is 4.39 Å². The number of rotatable bonds is 4. The lowest BCUT2D eigenvalue weighted by molar-refractivity contribution is 0.428. The Morgan fingerprint density at radius 2 is 1.95 bits per heavy atom. The fourth-order valence-electron chi connectivity index (χ4n) is 2.48. The number of tetrazole rings is 1. The summed E-state index contributed by atoms with van der Waals surface area (Å²) in [5.74, 6) is 0.421. The third-order valence-electron chi connectivity index (χ3n) is 3.50. The summed E-state index contributed by atoms with van der Waals surface area (Å²) in [4.78, 5) is 1.63. The van der Waals surface area contributed by atoms with Crippen molar-refractivity contribution < 1.29 is 4.39 Å². The van der Waals surface area contributed by atoms with Crippen LogP contribution in [0.3, 0.4) is 0 Å². The van der Waals surface area contributed by atoms with Crippen molar-refractivity contribution in [2.24, 2.45) is 0 Å². The Morgan fingerprint density at radius 1 is 1.19 bits per heavy atom. The summed E-state index contributed by atoms with van der Waals surface area (Å²) in [7, 11) is 0. The van der Waals surface area contributed by atoms with Gasteiger partial charge in [-0.1, -0.05) is 31.5 Å². The van der Waals surface area contributed by atoms with E-state index in [-0.39, 0.29) is 11.9 Å². The van der Waals surface area contributed by atoms with E-state index >= 15 is 0 Å². The van der Waals surface area contributed by atoms with Gasteiger partial charge in [-0.15, -0.1) is 10.2 Å². The monoisotopic (exact) mass is 283 g/mol. The van der Waals surface area contributed by atoms with Gasteiger partial charge in [-0.05, 0) is 53.1 Å². The molecule has 3 rings (SSSR count). The van der Waals surface area contributed by atoms with Gasteiger partial charge in [0.25, 0.3) is 0 Å². The van der Waals surface area contributed by atoms with E-state index in [1.54, 1.807) is 10.9 Å². The summed E-state index contributed by atoms with van der Waals surface area (Å²) in [5, 5.41) is 14.2. The first-order chi connectivity index (χ1) is 10.2. The van der Waals surface area contributed by atoms with Gasteiger partial charge in [0.15, 0.2) is 5.82 Å². The number of hydrogen-bond acceptors (Lipinski definition) is 3. The topological polar surface area (TPSA) is 43.6 Å². The van der Waals surface area contributed by atoms with E-state index in [0.29, 0.717) is 5.82 Å². The highest BCUT2D eigenvalue weighted by atomic mass is 19.1. The van der Waals surface area contributed by atoms with Crippen molar-refractivity contribution in [3.8, 4) is 0 Å². The van der Waals surface area contributed by atoms with Gasteiger partial charge in [0.05, 0.1) is 6.04 Å². The molecule has 21 heavy (non-hydrogen) atoms. The Balaban J connectivity index is 2.04. The van der Waals surface area contributed by atoms with Gasteiger partial charge < -0.3 is 0 Å². The van der Waals surface area contributed by atoms with Crippen molar-refractivity contribution in [2.75, 3.05) is 0 Å². The Kier molecular flexibility index (Phi) is 3.64. The third-order valence-corrected chi connectivity index (χ3v) is 3.50. The molecule has 0 aliphatic rings. The maximum atomic E-state index is 13.2. The average molecular weight is 283 g/mol. The van der Waals surface area contributed by atoms with Crippen molar-refractivity contribution in [3.05, 3.63) is 60.5 Å². The summed E-state index contributed by atoms with van der Waals surface area (Å²) < 4.78 is 13.2. The molecule has 2 aromatic carbocycles. The highest BCUT2D eigenvalue weighted by Crippen LogP contribution is 2.26. The first-order valence-corrected chi connectivity index (χ1v) is 6.92. The van der Waals surface area contributed by atoms with Gasteiger partial charge >= 0.3 is 0 Å². The number of hydrogen-bond donors (Lipinski definition) is 0. The molecule has 0 unspecified atom stereocenters. The number of nitrogens with zero attached hydrogens (tertiary/aromatic N) is 4. The van der Waals surface area contributed by atoms with Crippen LogP contribution in [0.2, 0.25) is 0 Å². The minimum atomic E-state index is -0.224. The molecule has 0 N–H and O–H groups in total. The van der Waals surface area contributed by atoms with E-state index in [0.717, 1.165) is 29.2 Å². The van der Waals surface area contributed by atoms with Crippen LogP contribution in [0.5, 0.6) is 0 Å². The molecule has 4 nitrogen and oxygen atoms in total. The van der Waals surface area contributed by atoms with Gasteiger partial charge in [0, 0.05) is 0 Å². The molecule has 3 aromatic rings. The maximum Gasteiger partial charge on any atom is 0.171 e. The second-order valence-corrected chi connectivity index (χ2v) is 5.07. The van der Waals surface area contributed by atoms with Gasteiger partial charge in [-0.25, -0.2) is 4.39 Å². The molecule has 5 heteroatoms. The fraction of sp³-hybridized carbons (Fsp3) is 0.250. The van der Waals surface area contributed by atoms with Crippen molar-refractivity contribution in [3.63, 3.8) is 0 Å². The number of benzene rings is 2. The van der Waals surface area contributed by atoms with Crippen LogP contribution in [0.1, 0.15) is 30.3 Å². The molecular formula is C16H16FN4. The molecule has 0 bridgehead atoms. The first kappa shape index (κ1) is 13.7. The second-order valence-electron chi connectivity index (χ2n) is 5.07. The van der Waals surface area contributed by atoms with Crippen molar-refractivity contribution in [1.29, 1.82) is 0 Å². The number of fused-ring (bicyclic) bond motifs is 1. The molecule has 1 heterocycles. The first-order valence-electron chi connectivity index (χ1n) is 6.92. The summed E-state index contributed by atoms with van der Waals surface area (Å²) >= 11 is 0. The molecular weight excluding hydrogens is 267 g/mol. The fourth-order valence-corrected chi connectivity index (χ4v) is 2.48. The van der Waals surface area contributed by atoms with Crippen molar-refractivity contribution >= 4 is 10.8 Å². The van der Waals surface area contributed by atoms with Gasteiger partial charge in [0.2, 0.25) is 0 Å². The SMILES string of the molecule is [CH2]CC[C@H](c1ccc2cc(F)ccc2c1)n1nnc(C)n1. The van der Waals surface area contributed by atoms with E-state index in [4.69, 9.17) is 0 Å². The molecule has 1 aromatic heterocycles. The van der Waals surface area contributed by atoms with E-state index in [2.05, 4.69) is 22.3 Å². The highest BCUT2D eigenvalue weighted by Gasteiger charge is 2.16. The lowest BCUT2D eigenvalue weighted by Gasteiger charge is -2.15. The molecule has 0 saturated carbocycles. The van der Waals surface area contributed by atoms with Crippen LogP contribution in [-0.4, -0.2) is 20.2 Å². The minimum absolute atomic E-state index is 0.00171. The Labute approximate surface area is 122 Å². The van der Waals surface area contributed by atoms with E-state index < -0.39 is 0 Å². The number of halogens is 1. The Morgan fingerprint density at radius 3 is 2.67 bits per heavy atom. The summed E-state index contributed by atoms with van der Waals surface area (Å²) in [5.41, 5.74) is 1.08. The third kappa shape index (κ3) is 2.77. The molecule has 0 aliphatic heterocycles. The molecule has 0 fully saturated rings. The van der Waals surface area contributed by atoms with E-state index in [1.807, 2.05) is 25.1 Å². The zero-order valence-electron chi connectivity index (χ0n) is 11.8. The van der Waals surface area contributed by atoms with Crippen molar-refractivity contribution in [1.82, 2.24) is 20.2 Å². The van der Waals surface area contributed by atoms with Gasteiger partial charge in [-0.2, -0.15) is 4.80 Å². The summed E-state index contributed by atoms with van der Waals surface area (Å²) in [6.45, 7) is 5.73. The quantitative estimate of drug-likeness (QED) is 0.736. The molecule has 1 radical (unpaired) electrons. The number of aromatic nitrogens is 4.